The first-order valence-electron chi connectivity index (χ1n) is 5.38. The van der Waals surface area contributed by atoms with Gasteiger partial charge in [-0.1, -0.05) is 6.07 Å². The molecule has 0 N–H and O–H groups in total. The fraction of sp³-hybridized carbons (Fsp3) is 0.167. The third-order valence-electron chi connectivity index (χ3n) is 2.59. The van der Waals surface area contributed by atoms with Gasteiger partial charge in [0.1, 0.15) is 11.9 Å². The van der Waals surface area contributed by atoms with Crippen molar-refractivity contribution in [1.29, 1.82) is 5.26 Å². The number of hydrogen-bond acceptors (Lipinski definition) is 4. The topological polar surface area (TPSA) is 84.8 Å². The van der Waals surface area contributed by atoms with Crippen molar-refractivity contribution < 1.29 is 9.31 Å². The van der Waals surface area contributed by atoms with Gasteiger partial charge in [0.2, 0.25) is 0 Å². The molecule has 0 aliphatic carbocycles. The molecule has 1 heterocycles. The molecule has 0 amide bonds. The van der Waals surface area contributed by atoms with Gasteiger partial charge in [0, 0.05) is 0 Å². The predicted molar refractivity (Wildman–Crippen MR) is 63.8 cm³/mol. The van der Waals surface area contributed by atoms with Crippen LogP contribution in [-0.2, 0) is 6.54 Å². The van der Waals surface area contributed by atoms with E-state index >= 15 is 0 Å². The highest BCUT2D eigenvalue weighted by Crippen LogP contribution is 2.16. The molecule has 96 valence electrons. The van der Waals surface area contributed by atoms with Crippen molar-refractivity contribution in [3.63, 3.8) is 0 Å². The molecular weight excluding hydrogens is 251 g/mol. The van der Waals surface area contributed by atoms with Crippen LogP contribution in [0.5, 0.6) is 0 Å². The minimum absolute atomic E-state index is 0.0594. The molecule has 0 aliphatic heterocycles. The first-order valence-corrected chi connectivity index (χ1v) is 5.38. The number of nitrogens with zero attached hydrogens (tertiary/aromatic N) is 4. The summed E-state index contributed by atoms with van der Waals surface area (Å²) in [7, 11) is 0. The molecule has 0 radical (unpaired) electrons. The Labute approximate surface area is 107 Å². The summed E-state index contributed by atoms with van der Waals surface area (Å²) in [6.45, 7) is 1.83. The average Bonchev–Trinajstić information content (AvgIpc) is 2.73. The molecule has 0 unspecified atom stereocenters. The lowest BCUT2D eigenvalue weighted by molar-refractivity contribution is -0.390. The van der Waals surface area contributed by atoms with E-state index in [0.29, 0.717) is 11.1 Å². The van der Waals surface area contributed by atoms with Crippen LogP contribution in [0.1, 0.15) is 16.7 Å². The molecule has 6 nitrogen and oxygen atoms in total. The van der Waals surface area contributed by atoms with Gasteiger partial charge in [0.15, 0.2) is 0 Å². The van der Waals surface area contributed by atoms with Crippen molar-refractivity contribution in [2.45, 2.75) is 13.5 Å². The number of aromatic nitrogens is 2. The van der Waals surface area contributed by atoms with Crippen molar-refractivity contribution >= 4 is 5.82 Å². The number of halogens is 1. The highest BCUT2D eigenvalue weighted by molar-refractivity contribution is 5.35. The molecular formula is C12H9FN4O2. The normalized spacial score (nSPS) is 10.2. The monoisotopic (exact) mass is 260 g/mol. The summed E-state index contributed by atoms with van der Waals surface area (Å²) in [5.74, 6) is -0.795. The molecule has 0 atom stereocenters. The van der Waals surface area contributed by atoms with Gasteiger partial charge in [0.05, 0.1) is 29.0 Å². The highest BCUT2D eigenvalue weighted by atomic mass is 19.1. The zero-order valence-electron chi connectivity index (χ0n) is 10.00. The Morgan fingerprint density at radius 3 is 2.89 bits per heavy atom. The van der Waals surface area contributed by atoms with E-state index in [2.05, 4.69) is 5.10 Å². The predicted octanol–water partition coefficient (Wildman–Crippen LogP) is 2.16. The molecule has 0 bridgehead atoms. The SMILES string of the molecule is Cc1cn(Cc2ccc(F)c(C#N)c2)nc1[N+](=O)[O-]. The van der Waals surface area contributed by atoms with Crippen LogP contribution in [0, 0.1) is 34.2 Å². The standard InChI is InChI=1S/C12H9FN4O2/c1-8-6-16(15-12(8)17(18)19)7-9-2-3-11(13)10(4-9)5-14/h2-4,6H,7H2,1H3. The molecule has 19 heavy (non-hydrogen) atoms. The van der Waals surface area contributed by atoms with Crippen LogP contribution in [0.4, 0.5) is 10.2 Å². The number of hydrogen-bond donors (Lipinski definition) is 0. The number of benzene rings is 1. The van der Waals surface area contributed by atoms with Crippen LogP contribution in [0.3, 0.4) is 0 Å². The number of nitro groups is 1. The van der Waals surface area contributed by atoms with E-state index in [1.165, 1.54) is 29.1 Å². The number of nitriles is 1. The Morgan fingerprint density at radius 1 is 1.58 bits per heavy atom. The van der Waals surface area contributed by atoms with Crippen LogP contribution in [0.25, 0.3) is 0 Å². The van der Waals surface area contributed by atoms with Gasteiger partial charge in [-0.05, 0) is 29.5 Å². The lowest BCUT2D eigenvalue weighted by atomic mass is 10.1. The zero-order chi connectivity index (χ0) is 14.0. The molecule has 0 spiro atoms. The lowest BCUT2D eigenvalue weighted by Crippen LogP contribution is -2.02. The minimum atomic E-state index is -0.589. The Hall–Kier alpha value is -2.75. The maximum absolute atomic E-state index is 13.1. The average molecular weight is 260 g/mol. The van der Waals surface area contributed by atoms with Crippen molar-refractivity contribution in [2.75, 3.05) is 0 Å². The summed E-state index contributed by atoms with van der Waals surface area (Å²) in [6.07, 6.45) is 1.54. The lowest BCUT2D eigenvalue weighted by Gasteiger charge is -2.00. The second-order valence-electron chi connectivity index (χ2n) is 4.02. The van der Waals surface area contributed by atoms with Gasteiger partial charge in [0.25, 0.3) is 0 Å². The van der Waals surface area contributed by atoms with Gasteiger partial charge in [-0.3, -0.25) is 0 Å². The Balaban J connectivity index is 2.29. The van der Waals surface area contributed by atoms with Gasteiger partial charge < -0.3 is 10.1 Å². The first-order chi connectivity index (χ1) is 9.01. The van der Waals surface area contributed by atoms with Crippen LogP contribution in [0.15, 0.2) is 24.4 Å². The number of rotatable bonds is 3. The third-order valence-corrected chi connectivity index (χ3v) is 2.59. The van der Waals surface area contributed by atoms with E-state index in [1.807, 2.05) is 0 Å². The Kier molecular flexibility index (Phi) is 3.25. The smallest absolute Gasteiger partial charge is 0.358 e. The zero-order valence-corrected chi connectivity index (χ0v) is 10.00. The summed E-state index contributed by atoms with van der Waals surface area (Å²) in [5, 5.41) is 23.2. The fourth-order valence-electron chi connectivity index (χ4n) is 1.72. The van der Waals surface area contributed by atoms with Crippen LogP contribution < -0.4 is 0 Å². The highest BCUT2D eigenvalue weighted by Gasteiger charge is 2.17. The largest absolute Gasteiger partial charge is 0.392 e. The molecule has 1 aromatic heterocycles. The molecule has 0 saturated carbocycles. The summed E-state index contributed by atoms with van der Waals surface area (Å²) >= 11 is 0. The molecule has 2 rings (SSSR count). The summed E-state index contributed by atoms with van der Waals surface area (Å²) in [4.78, 5) is 10.1. The quantitative estimate of drug-likeness (QED) is 0.625. The summed E-state index contributed by atoms with van der Waals surface area (Å²) < 4.78 is 14.5. The fourth-order valence-corrected chi connectivity index (χ4v) is 1.72. The second kappa shape index (κ2) is 4.86. The van der Waals surface area contributed by atoms with E-state index in [9.17, 15) is 14.5 Å². The number of aryl methyl sites for hydroxylation is 1. The summed E-state index contributed by atoms with van der Waals surface area (Å²) in [5.41, 5.74) is 1.04. The van der Waals surface area contributed by atoms with Crippen LogP contribution in [0.2, 0.25) is 0 Å². The van der Waals surface area contributed by atoms with Crippen LogP contribution >= 0.6 is 0 Å². The maximum atomic E-state index is 13.1. The van der Waals surface area contributed by atoms with E-state index in [-0.39, 0.29) is 17.9 Å². The Morgan fingerprint density at radius 2 is 2.32 bits per heavy atom. The van der Waals surface area contributed by atoms with E-state index < -0.39 is 10.7 Å². The summed E-state index contributed by atoms with van der Waals surface area (Å²) in [6, 6.07) is 5.85. The van der Waals surface area contributed by atoms with Gasteiger partial charge in [-0.15, -0.1) is 0 Å². The molecule has 1 aromatic carbocycles. The molecule has 0 aliphatic rings. The van der Waals surface area contributed by atoms with Gasteiger partial charge >= 0.3 is 5.82 Å². The molecule has 0 saturated heterocycles. The van der Waals surface area contributed by atoms with Crippen molar-refractivity contribution in [3.8, 4) is 6.07 Å². The van der Waals surface area contributed by atoms with Gasteiger partial charge in [-0.2, -0.15) is 9.94 Å². The minimum Gasteiger partial charge on any atom is -0.358 e. The van der Waals surface area contributed by atoms with Crippen LogP contribution in [-0.4, -0.2) is 14.7 Å². The van der Waals surface area contributed by atoms with Crippen molar-refractivity contribution in [2.24, 2.45) is 0 Å². The van der Waals surface area contributed by atoms with E-state index in [1.54, 1.807) is 13.0 Å². The molecule has 2 aromatic rings. The second-order valence-corrected chi connectivity index (χ2v) is 4.02. The third kappa shape index (κ3) is 2.57. The van der Waals surface area contributed by atoms with Gasteiger partial charge in [-0.25, -0.2) is 4.39 Å². The molecule has 7 heteroatoms. The van der Waals surface area contributed by atoms with Crippen molar-refractivity contribution in [3.05, 3.63) is 57.0 Å². The Bertz CT molecular complexity index is 688. The van der Waals surface area contributed by atoms with E-state index in [0.717, 1.165) is 0 Å². The molecule has 0 fully saturated rings. The first kappa shape index (κ1) is 12.7. The van der Waals surface area contributed by atoms with Crippen molar-refractivity contribution in [1.82, 2.24) is 9.78 Å². The van der Waals surface area contributed by atoms with E-state index in [4.69, 9.17) is 5.26 Å². The maximum Gasteiger partial charge on any atom is 0.392 e.